The molecule has 1 aromatic heterocycles. The summed E-state index contributed by atoms with van der Waals surface area (Å²) in [6, 6.07) is 0.987. The zero-order valence-electron chi connectivity index (χ0n) is 10.4. The standard InChI is InChI=1S/C11H16BrNO5S/c1-7(9-3-2-4-17-9)13-19(15,16)10-5-8(6-14)18-11(10)12/h5,7,9,13-14H,2-4,6H2,1H3. The highest BCUT2D eigenvalue weighted by molar-refractivity contribution is 9.10. The lowest BCUT2D eigenvalue weighted by Gasteiger charge is -2.19. The van der Waals surface area contributed by atoms with Crippen molar-refractivity contribution in [1.82, 2.24) is 4.72 Å². The lowest BCUT2D eigenvalue weighted by atomic mass is 10.1. The van der Waals surface area contributed by atoms with Crippen LogP contribution in [0.25, 0.3) is 0 Å². The summed E-state index contributed by atoms with van der Waals surface area (Å²) in [5, 5.41) is 8.95. The second-order valence-electron chi connectivity index (χ2n) is 4.47. The molecule has 1 aliphatic heterocycles. The maximum Gasteiger partial charge on any atom is 0.245 e. The molecule has 6 nitrogen and oxygen atoms in total. The van der Waals surface area contributed by atoms with Crippen molar-refractivity contribution in [2.24, 2.45) is 0 Å². The number of ether oxygens (including phenoxy) is 1. The van der Waals surface area contributed by atoms with E-state index in [0.717, 1.165) is 12.8 Å². The van der Waals surface area contributed by atoms with Crippen LogP contribution in [-0.4, -0.2) is 32.3 Å². The molecule has 1 aromatic rings. The van der Waals surface area contributed by atoms with Crippen LogP contribution in [0.3, 0.4) is 0 Å². The molecule has 19 heavy (non-hydrogen) atoms. The highest BCUT2D eigenvalue weighted by Gasteiger charge is 2.29. The van der Waals surface area contributed by atoms with Gasteiger partial charge in [0.15, 0.2) is 4.67 Å². The van der Waals surface area contributed by atoms with Gasteiger partial charge in [0.2, 0.25) is 10.0 Å². The quantitative estimate of drug-likeness (QED) is 0.834. The van der Waals surface area contributed by atoms with Crippen LogP contribution in [-0.2, 0) is 21.4 Å². The van der Waals surface area contributed by atoms with E-state index in [-0.39, 0.29) is 34.1 Å². The number of hydrogen-bond acceptors (Lipinski definition) is 5. The van der Waals surface area contributed by atoms with Crippen molar-refractivity contribution in [3.8, 4) is 0 Å². The topological polar surface area (TPSA) is 88.8 Å². The van der Waals surface area contributed by atoms with E-state index >= 15 is 0 Å². The van der Waals surface area contributed by atoms with Crippen molar-refractivity contribution < 1.29 is 22.7 Å². The molecular weight excluding hydrogens is 338 g/mol. The first-order valence-corrected chi connectivity index (χ1v) is 8.24. The fourth-order valence-electron chi connectivity index (χ4n) is 2.04. The third-order valence-electron chi connectivity index (χ3n) is 3.02. The van der Waals surface area contributed by atoms with E-state index in [2.05, 4.69) is 20.7 Å². The molecular formula is C11H16BrNO5S. The lowest BCUT2D eigenvalue weighted by molar-refractivity contribution is 0.0902. The summed E-state index contributed by atoms with van der Waals surface area (Å²) in [6.07, 6.45) is 1.69. The van der Waals surface area contributed by atoms with E-state index in [1.807, 2.05) is 0 Å². The summed E-state index contributed by atoms with van der Waals surface area (Å²) in [5.41, 5.74) is 0. The van der Waals surface area contributed by atoms with Crippen molar-refractivity contribution in [2.75, 3.05) is 6.61 Å². The van der Waals surface area contributed by atoms with Crippen LogP contribution in [0.4, 0.5) is 0 Å². The van der Waals surface area contributed by atoms with Gasteiger partial charge in [-0.15, -0.1) is 0 Å². The number of halogens is 1. The number of hydrogen-bond donors (Lipinski definition) is 2. The van der Waals surface area contributed by atoms with Gasteiger partial charge in [-0.2, -0.15) is 0 Å². The first-order valence-electron chi connectivity index (χ1n) is 5.97. The Hall–Kier alpha value is -0.410. The third-order valence-corrected chi connectivity index (χ3v) is 5.43. The number of nitrogens with one attached hydrogen (secondary N) is 1. The van der Waals surface area contributed by atoms with Gasteiger partial charge in [0.25, 0.3) is 0 Å². The molecule has 0 aliphatic carbocycles. The highest BCUT2D eigenvalue weighted by atomic mass is 79.9. The minimum absolute atomic E-state index is 0.0126. The molecule has 2 atom stereocenters. The molecule has 108 valence electrons. The molecule has 1 aliphatic rings. The Balaban J connectivity index is 2.14. The Morgan fingerprint density at radius 1 is 1.63 bits per heavy atom. The first-order chi connectivity index (χ1) is 8.94. The van der Waals surface area contributed by atoms with Crippen molar-refractivity contribution >= 4 is 26.0 Å². The molecule has 2 N–H and O–H groups in total. The van der Waals surface area contributed by atoms with Crippen molar-refractivity contribution in [1.29, 1.82) is 0 Å². The van der Waals surface area contributed by atoms with E-state index < -0.39 is 10.0 Å². The van der Waals surface area contributed by atoms with E-state index in [0.29, 0.717) is 6.61 Å². The van der Waals surface area contributed by atoms with Crippen molar-refractivity contribution in [2.45, 2.75) is 43.4 Å². The maximum absolute atomic E-state index is 12.2. The molecule has 2 unspecified atom stereocenters. The highest BCUT2D eigenvalue weighted by Crippen LogP contribution is 2.27. The normalized spacial score (nSPS) is 21.7. The van der Waals surface area contributed by atoms with Gasteiger partial charge >= 0.3 is 0 Å². The molecule has 1 saturated heterocycles. The van der Waals surface area contributed by atoms with Gasteiger partial charge in [0, 0.05) is 18.7 Å². The average molecular weight is 354 g/mol. The van der Waals surface area contributed by atoms with E-state index in [9.17, 15) is 8.42 Å². The Labute approximate surface area is 120 Å². The summed E-state index contributed by atoms with van der Waals surface area (Å²) in [7, 11) is -3.70. The number of aliphatic hydroxyl groups excluding tert-OH is 1. The molecule has 0 bridgehead atoms. The monoisotopic (exact) mass is 353 g/mol. The zero-order chi connectivity index (χ0) is 14.0. The van der Waals surface area contributed by atoms with E-state index in [1.165, 1.54) is 6.07 Å². The Bertz CT molecular complexity index is 535. The second-order valence-corrected chi connectivity index (χ2v) is 6.87. The first kappa shape index (κ1) is 15.0. The Morgan fingerprint density at radius 3 is 2.89 bits per heavy atom. The van der Waals surface area contributed by atoms with Crippen molar-refractivity contribution in [3.05, 3.63) is 16.5 Å². The summed E-state index contributed by atoms with van der Waals surface area (Å²) >= 11 is 3.04. The van der Waals surface area contributed by atoms with Gasteiger partial charge in [-0.05, 0) is 35.7 Å². The molecule has 2 heterocycles. The van der Waals surface area contributed by atoms with Crippen LogP contribution in [0, 0.1) is 0 Å². The smallest absolute Gasteiger partial charge is 0.245 e. The van der Waals surface area contributed by atoms with Crippen LogP contribution < -0.4 is 4.72 Å². The van der Waals surface area contributed by atoms with E-state index in [1.54, 1.807) is 6.92 Å². The SMILES string of the molecule is CC(NS(=O)(=O)c1cc(CO)oc1Br)C1CCCO1. The average Bonchev–Trinajstić information content (AvgIpc) is 2.96. The van der Waals surface area contributed by atoms with Crippen LogP contribution in [0.5, 0.6) is 0 Å². The summed E-state index contributed by atoms with van der Waals surface area (Å²) < 4.78 is 37.6. The lowest BCUT2D eigenvalue weighted by Crippen LogP contribution is -2.40. The van der Waals surface area contributed by atoms with Gasteiger partial charge in [-0.1, -0.05) is 0 Å². The fraction of sp³-hybridized carbons (Fsp3) is 0.636. The predicted molar refractivity (Wildman–Crippen MR) is 71.1 cm³/mol. The minimum Gasteiger partial charge on any atom is -0.450 e. The second kappa shape index (κ2) is 5.92. The summed E-state index contributed by atoms with van der Waals surface area (Å²) in [4.78, 5) is -0.0126. The van der Waals surface area contributed by atoms with Gasteiger partial charge in [0.05, 0.1) is 6.10 Å². The van der Waals surface area contributed by atoms with Crippen LogP contribution in [0.2, 0.25) is 0 Å². The number of aliphatic hydroxyl groups is 1. The molecule has 2 rings (SSSR count). The molecule has 8 heteroatoms. The van der Waals surface area contributed by atoms with Crippen molar-refractivity contribution in [3.63, 3.8) is 0 Å². The van der Waals surface area contributed by atoms with Gasteiger partial charge < -0.3 is 14.3 Å². The maximum atomic E-state index is 12.2. The molecule has 1 fully saturated rings. The number of rotatable bonds is 5. The largest absolute Gasteiger partial charge is 0.450 e. The fourth-order valence-corrected chi connectivity index (χ4v) is 4.31. The van der Waals surface area contributed by atoms with Crippen LogP contribution in [0.1, 0.15) is 25.5 Å². The summed E-state index contributed by atoms with van der Waals surface area (Å²) in [5.74, 6) is 0.192. The Kier molecular flexibility index (Phi) is 4.67. The third kappa shape index (κ3) is 3.38. The van der Waals surface area contributed by atoms with Gasteiger partial charge in [-0.3, -0.25) is 0 Å². The number of sulfonamides is 1. The minimum atomic E-state index is -3.70. The molecule has 0 radical (unpaired) electrons. The van der Waals surface area contributed by atoms with Gasteiger partial charge in [0.1, 0.15) is 17.3 Å². The predicted octanol–water partition coefficient (Wildman–Crippen LogP) is 1.38. The molecule has 0 aromatic carbocycles. The number of furan rings is 1. The van der Waals surface area contributed by atoms with Gasteiger partial charge in [-0.25, -0.2) is 13.1 Å². The Morgan fingerprint density at radius 2 is 2.37 bits per heavy atom. The molecule has 0 spiro atoms. The molecule has 0 saturated carbocycles. The van der Waals surface area contributed by atoms with Crippen LogP contribution >= 0.6 is 15.9 Å². The van der Waals surface area contributed by atoms with E-state index in [4.69, 9.17) is 14.3 Å². The summed E-state index contributed by atoms with van der Waals surface area (Å²) in [6.45, 7) is 2.09. The van der Waals surface area contributed by atoms with Crippen LogP contribution in [0.15, 0.2) is 20.0 Å². The zero-order valence-corrected chi connectivity index (χ0v) is 12.8. The molecule has 0 amide bonds.